The Morgan fingerprint density at radius 1 is 1.08 bits per heavy atom. The quantitative estimate of drug-likeness (QED) is 0.0793. The van der Waals surface area contributed by atoms with Crippen molar-refractivity contribution in [2.24, 2.45) is 17.3 Å². The van der Waals surface area contributed by atoms with E-state index in [4.69, 9.17) is 18.9 Å². The molecule has 1 saturated heterocycles. The van der Waals surface area contributed by atoms with Gasteiger partial charge in [0.25, 0.3) is 5.91 Å². The molecule has 1 aliphatic heterocycles. The average Bonchev–Trinajstić information content (AvgIpc) is 3.09. The number of esters is 2. The number of likely N-dealkylation sites (tertiary alicyclic amines) is 1. The van der Waals surface area contributed by atoms with E-state index in [1.54, 1.807) is 24.3 Å². The fraction of sp³-hybridized carbons (Fsp3) is 0.500. The average molecular weight is 710 g/mol. The SMILES string of the molecule is C=C(COc1cc(F)cc([C@@H](CCc2ccc(O)c(OC)c2)OC(=O)[C@@H]2CCCCN2C(=O)C(=O)C(C)(C)COC(=O)/C=C\C(C)C)c1)C(C)C. The normalized spacial score (nSPS) is 15.5. The van der Waals surface area contributed by atoms with Gasteiger partial charge in [0.2, 0.25) is 5.78 Å². The molecule has 51 heavy (non-hydrogen) atoms. The van der Waals surface area contributed by atoms with E-state index in [1.807, 2.05) is 27.7 Å². The zero-order chi connectivity index (χ0) is 37.9. The highest BCUT2D eigenvalue weighted by molar-refractivity contribution is 6.38. The van der Waals surface area contributed by atoms with E-state index < -0.39 is 47.0 Å². The second-order valence-corrected chi connectivity index (χ2v) is 14.2. The molecule has 0 bridgehead atoms. The van der Waals surface area contributed by atoms with Crippen molar-refractivity contribution in [1.29, 1.82) is 0 Å². The van der Waals surface area contributed by atoms with Crippen molar-refractivity contribution in [2.45, 2.75) is 85.8 Å². The number of ether oxygens (including phenoxy) is 4. The fourth-order valence-electron chi connectivity index (χ4n) is 5.36. The number of ketones is 1. The van der Waals surface area contributed by atoms with E-state index in [2.05, 4.69) is 6.58 Å². The summed E-state index contributed by atoms with van der Waals surface area (Å²) < 4.78 is 37.4. The second-order valence-electron chi connectivity index (χ2n) is 14.2. The van der Waals surface area contributed by atoms with E-state index in [0.29, 0.717) is 24.8 Å². The van der Waals surface area contributed by atoms with E-state index in [0.717, 1.165) is 11.1 Å². The molecule has 278 valence electrons. The lowest BCUT2D eigenvalue weighted by Crippen LogP contribution is -2.53. The van der Waals surface area contributed by atoms with Crippen LogP contribution in [-0.2, 0) is 35.1 Å². The van der Waals surface area contributed by atoms with Gasteiger partial charge in [-0.3, -0.25) is 9.59 Å². The number of Topliss-reactive ketones (excluding diaryl/α,β-unsaturated/α-hetero) is 1. The van der Waals surface area contributed by atoms with Gasteiger partial charge in [0.05, 0.1) is 12.5 Å². The lowest BCUT2D eigenvalue weighted by Gasteiger charge is -2.36. The number of allylic oxidation sites excluding steroid dienone is 1. The number of phenols is 1. The molecular formula is C40H52FNO9. The van der Waals surface area contributed by atoms with Gasteiger partial charge in [0.15, 0.2) is 11.5 Å². The number of nitrogens with zero attached hydrogens (tertiary/aromatic N) is 1. The molecule has 0 radical (unpaired) electrons. The van der Waals surface area contributed by atoms with Gasteiger partial charge in [-0.1, -0.05) is 46.4 Å². The van der Waals surface area contributed by atoms with E-state index in [-0.39, 0.29) is 61.7 Å². The first-order chi connectivity index (χ1) is 24.0. The molecule has 0 spiro atoms. The number of phenolic OH excluding ortho intramolecular Hbond substituents is 1. The van der Waals surface area contributed by atoms with E-state index in [9.17, 15) is 24.3 Å². The standard InChI is InChI=1S/C40H52FNO9/c1-25(2)12-17-36(44)50-24-40(6,7)37(45)38(46)42-18-10-9-11-32(42)39(47)51-34(16-14-28-13-15-33(43)35(19-28)48-8)29-20-30(41)22-31(21-29)49-23-27(5)26(3)4/h12-13,15,17,19-22,25-26,32,34,43H,5,9-11,14,16,18,23-24H2,1-4,6-8H3/b17-12-/t32-,34+/m0/s1. The Balaban J connectivity index is 1.86. The number of methoxy groups -OCH3 is 1. The molecule has 10 nitrogen and oxygen atoms in total. The highest BCUT2D eigenvalue weighted by Gasteiger charge is 2.42. The third-order valence-electron chi connectivity index (χ3n) is 8.74. The predicted molar refractivity (Wildman–Crippen MR) is 191 cm³/mol. The molecule has 1 amide bonds. The van der Waals surface area contributed by atoms with Crippen LogP contribution in [0, 0.1) is 23.1 Å². The van der Waals surface area contributed by atoms with Gasteiger partial charge in [0, 0.05) is 18.7 Å². The monoisotopic (exact) mass is 709 g/mol. The maximum absolute atomic E-state index is 15.0. The van der Waals surface area contributed by atoms with Gasteiger partial charge in [-0.15, -0.1) is 0 Å². The van der Waals surface area contributed by atoms with Gasteiger partial charge in [-0.05, 0) is 98.8 Å². The van der Waals surface area contributed by atoms with Crippen LogP contribution in [0.25, 0.3) is 0 Å². The van der Waals surface area contributed by atoms with Crippen LogP contribution in [0.3, 0.4) is 0 Å². The number of aryl methyl sites for hydroxylation is 1. The van der Waals surface area contributed by atoms with Gasteiger partial charge in [-0.25, -0.2) is 14.0 Å². The largest absolute Gasteiger partial charge is 0.504 e. The van der Waals surface area contributed by atoms with Gasteiger partial charge in [0.1, 0.15) is 36.9 Å². The first-order valence-electron chi connectivity index (χ1n) is 17.4. The molecule has 2 aromatic rings. The highest BCUT2D eigenvalue weighted by atomic mass is 19.1. The summed E-state index contributed by atoms with van der Waals surface area (Å²) in [4.78, 5) is 54.4. The number of aromatic hydroxyl groups is 1. The van der Waals surface area contributed by atoms with Gasteiger partial charge in [-0.2, -0.15) is 0 Å². The molecule has 11 heteroatoms. The fourth-order valence-corrected chi connectivity index (χ4v) is 5.36. The number of amides is 1. The van der Waals surface area contributed by atoms with E-state index in [1.165, 1.54) is 50.1 Å². The highest BCUT2D eigenvalue weighted by Crippen LogP contribution is 2.33. The summed E-state index contributed by atoms with van der Waals surface area (Å²) in [6.45, 7) is 14.8. The zero-order valence-corrected chi connectivity index (χ0v) is 30.8. The van der Waals surface area contributed by atoms with Crippen LogP contribution in [0.2, 0.25) is 0 Å². The summed E-state index contributed by atoms with van der Waals surface area (Å²) in [7, 11) is 1.44. The molecule has 1 aliphatic rings. The predicted octanol–water partition coefficient (Wildman–Crippen LogP) is 7.08. The number of rotatable bonds is 17. The van der Waals surface area contributed by atoms with Crippen molar-refractivity contribution >= 4 is 23.6 Å². The first kappa shape index (κ1) is 40.8. The minimum absolute atomic E-state index is 0.0277. The summed E-state index contributed by atoms with van der Waals surface area (Å²) in [6.07, 6.45) is 4.03. The number of hydrogen-bond donors (Lipinski definition) is 1. The smallest absolute Gasteiger partial charge is 0.330 e. The lowest BCUT2D eigenvalue weighted by atomic mass is 9.87. The van der Waals surface area contributed by atoms with Crippen LogP contribution in [-0.4, -0.2) is 66.5 Å². The molecule has 2 atom stereocenters. The molecule has 0 unspecified atom stereocenters. The Labute approximate surface area is 300 Å². The number of benzene rings is 2. The van der Waals surface area contributed by atoms with Crippen LogP contribution in [0.15, 0.2) is 60.7 Å². The Kier molecular flexibility index (Phi) is 14.8. The van der Waals surface area contributed by atoms with Crippen molar-refractivity contribution in [3.8, 4) is 17.2 Å². The zero-order valence-electron chi connectivity index (χ0n) is 30.8. The van der Waals surface area contributed by atoms with Crippen molar-refractivity contribution < 1.29 is 47.6 Å². The minimum Gasteiger partial charge on any atom is -0.504 e. The van der Waals surface area contributed by atoms with Gasteiger partial charge >= 0.3 is 11.9 Å². The number of halogens is 1. The van der Waals surface area contributed by atoms with Crippen LogP contribution >= 0.6 is 0 Å². The topological polar surface area (TPSA) is 129 Å². The van der Waals surface area contributed by atoms with Crippen LogP contribution in [0.1, 0.15) is 84.5 Å². The van der Waals surface area contributed by atoms with Crippen molar-refractivity contribution in [1.82, 2.24) is 4.90 Å². The molecule has 0 aliphatic carbocycles. The van der Waals surface area contributed by atoms with Crippen molar-refractivity contribution in [3.63, 3.8) is 0 Å². The second kappa shape index (κ2) is 18.5. The maximum Gasteiger partial charge on any atom is 0.330 e. The van der Waals surface area contributed by atoms with Gasteiger partial charge < -0.3 is 29.0 Å². The number of carbonyl (C=O) groups is 4. The van der Waals surface area contributed by atoms with E-state index >= 15 is 4.39 Å². The summed E-state index contributed by atoms with van der Waals surface area (Å²) in [5.41, 5.74) is 0.593. The minimum atomic E-state index is -1.35. The Hall–Kier alpha value is -4.67. The van der Waals surface area contributed by atoms with Crippen LogP contribution < -0.4 is 9.47 Å². The Morgan fingerprint density at radius 2 is 1.80 bits per heavy atom. The number of carbonyl (C=O) groups excluding carboxylic acids is 4. The van der Waals surface area contributed by atoms with Crippen LogP contribution in [0.4, 0.5) is 4.39 Å². The summed E-state index contributed by atoms with van der Waals surface area (Å²) in [5.74, 6) is -2.82. The first-order valence-corrected chi connectivity index (χ1v) is 17.4. The molecule has 3 rings (SSSR count). The molecule has 0 aromatic heterocycles. The van der Waals surface area contributed by atoms with Crippen LogP contribution in [0.5, 0.6) is 17.2 Å². The summed E-state index contributed by atoms with van der Waals surface area (Å²) in [6, 6.07) is 7.94. The Bertz CT molecular complexity index is 1600. The third-order valence-corrected chi connectivity index (χ3v) is 8.74. The molecular weight excluding hydrogens is 657 g/mol. The number of piperidine rings is 1. The molecule has 2 aromatic carbocycles. The molecule has 1 heterocycles. The summed E-state index contributed by atoms with van der Waals surface area (Å²) in [5, 5.41) is 10.1. The Morgan fingerprint density at radius 3 is 2.47 bits per heavy atom. The number of hydrogen-bond acceptors (Lipinski definition) is 9. The lowest BCUT2D eigenvalue weighted by molar-refractivity contribution is -0.165. The molecule has 0 saturated carbocycles. The molecule has 1 N–H and O–H groups in total. The maximum atomic E-state index is 15.0. The van der Waals surface area contributed by atoms with Crippen molar-refractivity contribution in [3.05, 3.63) is 77.6 Å². The summed E-state index contributed by atoms with van der Waals surface area (Å²) >= 11 is 0. The molecule has 1 fully saturated rings. The van der Waals surface area contributed by atoms with Crippen molar-refractivity contribution in [2.75, 3.05) is 26.9 Å². The third kappa shape index (κ3) is 12.0.